The number of amides is 1. The number of thiol groups is 1. The lowest BCUT2D eigenvalue weighted by Crippen LogP contribution is -2.51. The van der Waals surface area contributed by atoms with Crippen LogP contribution in [0.25, 0.3) is 11.0 Å². The van der Waals surface area contributed by atoms with Gasteiger partial charge in [-0.2, -0.15) is 12.6 Å². The van der Waals surface area contributed by atoms with Gasteiger partial charge in [0.1, 0.15) is 5.52 Å². The third-order valence-corrected chi connectivity index (χ3v) is 6.44. The van der Waals surface area contributed by atoms with Gasteiger partial charge in [-0.3, -0.25) is 10.1 Å². The number of halogens is 1. The Hall–Kier alpha value is -2.38. The molecule has 158 valence electrons. The van der Waals surface area contributed by atoms with E-state index in [1.807, 2.05) is 30.0 Å². The molecule has 1 aliphatic rings. The van der Waals surface area contributed by atoms with Crippen molar-refractivity contribution in [3.8, 4) is 0 Å². The van der Waals surface area contributed by atoms with Crippen LogP contribution in [0.2, 0.25) is 0 Å². The van der Waals surface area contributed by atoms with Crippen molar-refractivity contribution in [2.24, 2.45) is 0 Å². The van der Waals surface area contributed by atoms with E-state index in [4.69, 9.17) is 12.6 Å². The highest BCUT2D eigenvalue weighted by molar-refractivity contribution is 7.81. The number of nitrogens with zero attached hydrogens (tertiary/aromatic N) is 2. The highest BCUT2D eigenvalue weighted by Gasteiger charge is 2.37. The highest BCUT2D eigenvalue weighted by atomic mass is 32.1. The molecule has 1 unspecified atom stereocenters. The molecule has 1 aliphatic carbocycles. The van der Waals surface area contributed by atoms with Crippen molar-refractivity contribution in [1.82, 2.24) is 20.2 Å². The smallest absolute Gasteiger partial charge is 0.289 e. The lowest BCUT2D eigenvalue weighted by Gasteiger charge is -2.42. The van der Waals surface area contributed by atoms with Gasteiger partial charge in [0.05, 0.1) is 10.4 Å². The largest absolute Gasteiger partial charge is 0.334 e. The Bertz CT molecular complexity index is 1020. The zero-order valence-corrected chi connectivity index (χ0v) is 18.0. The first-order chi connectivity index (χ1) is 14.5. The van der Waals surface area contributed by atoms with E-state index in [1.165, 1.54) is 11.6 Å². The minimum Gasteiger partial charge on any atom is -0.334 e. The van der Waals surface area contributed by atoms with Crippen molar-refractivity contribution in [3.63, 3.8) is 0 Å². The molecule has 0 aliphatic heterocycles. The fraction of sp³-hybridized carbons (Fsp3) is 0.391. The molecule has 7 heteroatoms. The van der Waals surface area contributed by atoms with Crippen LogP contribution >= 0.6 is 12.6 Å². The van der Waals surface area contributed by atoms with Crippen molar-refractivity contribution >= 4 is 29.6 Å². The van der Waals surface area contributed by atoms with E-state index in [-0.39, 0.29) is 28.2 Å². The number of para-hydroxylation sites is 1. The minimum absolute atomic E-state index is 0.0510. The minimum atomic E-state index is -0.428. The van der Waals surface area contributed by atoms with Crippen LogP contribution in [-0.2, 0) is 6.54 Å². The molecule has 1 saturated carbocycles. The Morgan fingerprint density at radius 2 is 2.10 bits per heavy atom. The first kappa shape index (κ1) is 20.9. The standard InChI is InChI=1S/C23H27FN4OS/c1-2-28(22(29)21-26-19-12-6-11-18(24)20(19)27-21)17-10-7-13-23(30,14-17)25-15-16-8-4-3-5-9-16/h3-6,8-9,11-12,17,25,30H,2,7,10,13-15H2,1H3,(H,26,27)/t17-,23?/m0/s1. The van der Waals surface area contributed by atoms with Gasteiger partial charge in [0.25, 0.3) is 5.91 Å². The van der Waals surface area contributed by atoms with E-state index in [9.17, 15) is 9.18 Å². The van der Waals surface area contributed by atoms with E-state index in [0.717, 1.165) is 32.2 Å². The van der Waals surface area contributed by atoms with Crippen LogP contribution in [-0.4, -0.2) is 38.2 Å². The molecule has 0 spiro atoms. The topological polar surface area (TPSA) is 61.0 Å². The first-order valence-corrected chi connectivity index (χ1v) is 10.9. The predicted octanol–water partition coefficient (Wildman–Crippen LogP) is 4.52. The van der Waals surface area contributed by atoms with Crippen LogP contribution < -0.4 is 5.32 Å². The van der Waals surface area contributed by atoms with Gasteiger partial charge < -0.3 is 9.88 Å². The van der Waals surface area contributed by atoms with Gasteiger partial charge in [-0.1, -0.05) is 36.4 Å². The van der Waals surface area contributed by atoms with Crippen LogP contribution in [0.1, 0.15) is 48.8 Å². The van der Waals surface area contributed by atoms with Gasteiger partial charge in [0.2, 0.25) is 0 Å². The van der Waals surface area contributed by atoms with Crippen molar-refractivity contribution in [1.29, 1.82) is 0 Å². The number of hydrogen-bond donors (Lipinski definition) is 3. The number of carbonyl (C=O) groups excluding carboxylic acids is 1. The van der Waals surface area contributed by atoms with E-state index in [0.29, 0.717) is 12.1 Å². The molecule has 2 aromatic carbocycles. The highest BCUT2D eigenvalue weighted by Crippen LogP contribution is 2.35. The second kappa shape index (κ2) is 8.78. The van der Waals surface area contributed by atoms with Gasteiger partial charge in [-0.05, 0) is 50.3 Å². The van der Waals surface area contributed by atoms with Gasteiger partial charge in [-0.15, -0.1) is 0 Å². The maximum Gasteiger partial charge on any atom is 0.289 e. The molecule has 1 heterocycles. The zero-order chi connectivity index (χ0) is 21.1. The number of aromatic nitrogens is 2. The van der Waals surface area contributed by atoms with Gasteiger partial charge in [-0.25, -0.2) is 9.37 Å². The molecular formula is C23H27FN4OS. The maximum atomic E-state index is 14.0. The van der Waals surface area contributed by atoms with Gasteiger partial charge in [0.15, 0.2) is 11.6 Å². The van der Waals surface area contributed by atoms with Gasteiger partial charge >= 0.3 is 0 Å². The molecule has 2 N–H and O–H groups in total. The summed E-state index contributed by atoms with van der Waals surface area (Å²) in [5.41, 5.74) is 1.94. The predicted molar refractivity (Wildman–Crippen MR) is 120 cm³/mol. The number of benzene rings is 2. The second-order valence-corrected chi connectivity index (χ2v) is 8.79. The van der Waals surface area contributed by atoms with Gasteiger partial charge in [0, 0.05) is 19.1 Å². The molecule has 30 heavy (non-hydrogen) atoms. The molecule has 2 atom stereocenters. The molecule has 1 amide bonds. The summed E-state index contributed by atoms with van der Waals surface area (Å²) >= 11 is 4.96. The van der Waals surface area contributed by atoms with Crippen LogP contribution in [0.15, 0.2) is 48.5 Å². The molecule has 5 nitrogen and oxygen atoms in total. The number of rotatable bonds is 6. The lowest BCUT2D eigenvalue weighted by atomic mass is 9.88. The zero-order valence-electron chi connectivity index (χ0n) is 17.1. The first-order valence-electron chi connectivity index (χ1n) is 10.5. The van der Waals surface area contributed by atoms with Crippen molar-refractivity contribution in [3.05, 3.63) is 65.7 Å². The SMILES string of the molecule is CCN(C(=O)c1nc2c(F)cccc2[nH]1)[C@H]1CCCC(S)(NCc2ccccc2)C1. The number of fused-ring (bicyclic) bond motifs is 1. The Morgan fingerprint density at radius 3 is 2.83 bits per heavy atom. The van der Waals surface area contributed by atoms with Crippen LogP contribution in [0.3, 0.4) is 0 Å². The molecule has 0 bridgehead atoms. The summed E-state index contributed by atoms with van der Waals surface area (Å²) in [6, 6.07) is 15.0. The lowest BCUT2D eigenvalue weighted by molar-refractivity contribution is 0.0606. The summed E-state index contributed by atoms with van der Waals surface area (Å²) in [4.78, 5) is 21.9. The Labute approximate surface area is 181 Å². The number of carbonyl (C=O) groups is 1. The number of imidazole rings is 1. The summed E-state index contributed by atoms with van der Waals surface area (Å²) < 4.78 is 14.0. The molecule has 4 rings (SSSR count). The third-order valence-electron chi connectivity index (χ3n) is 5.87. The molecule has 0 radical (unpaired) electrons. The Morgan fingerprint density at radius 1 is 1.30 bits per heavy atom. The Balaban J connectivity index is 1.48. The fourth-order valence-corrected chi connectivity index (χ4v) is 4.76. The molecule has 1 fully saturated rings. The van der Waals surface area contributed by atoms with E-state index >= 15 is 0 Å². The quantitative estimate of drug-likeness (QED) is 0.401. The molecule has 0 saturated heterocycles. The van der Waals surface area contributed by atoms with E-state index in [2.05, 4.69) is 27.4 Å². The normalized spacial score (nSPS) is 21.6. The van der Waals surface area contributed by atoms with Crippen molar-refractivity contribution in [2.45, 2.75) is 50.1 Å². The molecule has 3 aromatic rings. The van der Waals surface area contributed by atoms with Crippen molar-refractivity contribution in [2.75, 3.05) is 6.54 Å². The average molecular weight is 427 g/mol. The molecular weight excluding hydrogens is 399 g/mol. The Kier molecular flexibility index (Phi) is 6.11. The van der Waals surface area contributed by atoms with E-state index in [1.54, 1.807) is 12.1 Å². The third kappa shape index (κ3) is 4.37. The summed E-state index contributed by atoms with van der Waals surface area (Å²) in [6.07, 6.45) is 3.59. The summed E-state index contributed by atoms with van der Waals surface area (Å²) in [5, 5.41) is 3.58. The summed E-state index contributed by atoms with van der Waals surface area (Å²) in [5.74, 6) is -0.439. The van der Waals surface area contributed by atoms with E-state index < -0.39 is 5.82 Å². The number of H-pyrrole nitrogens is 1. The molecule has 1 aromatic heterocycles. The second-order valence-electron chi connectivity index (χ2n) is 7.93. The van der Waals surface area contributed by atoms with Crippen LogP contribution in [0.4, 0.5) is 4.39 Å². The number of aromatic amines is 1. The average Bonchev–Trinajstić information content (AvgIpc) is 3.20. The van der Waals surface area contributed by atoms with Crippen LogP contribution in [0, 0.1) is 5.82 Å². The summed E-state index contributed by atoms with van der Waals surface area (Å²) in [7, 11) is 0. The fourth-order valence-electron chi connectivity index (χ4n) is 4.32. The monoisotopic (exact) mass is 426 g/mol. The van der Waals surface area contributed by atoms with Crippen molar-refractivity contribution < 1.29 is 9.18 Å². The summed E-state index contributed by atoms with van der Waals surface area (Å²) in [6.45, 7) is 3.26. The maximum absolute atomic E-state index is 14.0. The number of hydrogen-bond acceptors (Lipinski definition) is 4. The van der Waals surface area contributed by atoms with Crippen LogP contribution in [0.5, 0.6) is 0 Å². The number of nitrogens with one attached hydrogen (secondary N) is 2.